The summed E-state index contributed by atoms with van der Waals surface area (Å²) in [6.45, 7) is 2.37. The Morgan fingerprint density at radius 1 is 1.57 bits per heavy atom. The van der Waals surface area contributed by atoms with Gasteiger partial charge in [0.05, 0.1) is 18.7 Å². The van der Waals surface area contributed by atoms with Crippen molar-refractivity contribution in [2.45, 2.75) is 13.3 Å². The number of rotatable bonds is 4. The van der Waals surface area contributed by atoms with E-state index >= 15 is 0 Å². The molecule has 0 spiro atoms. The first-order valence-electron chi connectivity index (χ1n) is 4.36. The maximum Gasteiger partial charge on any atom is 0.307 e. The van der Waals surface area contributed by atoms with Gasteiger partial charge in [0, 0.05) is 0 Å². The molecule has 76 valence electrons. The maximum absolute atomic E-state index is 10.5. The van der Waals surface area contributed by atoms with Crippen molar-refractivity contribution in [1.82, 2.24) is 0 Å². The number of carboxylic acid groups (broad SMARTS) is 1. The molecule has 14 heavy (non-hydrogen) atoms. The number of aliphatic carboxylic acids is 1. The van der Waals surface area contributed by atoms with Crippen LogP contribution in [0.25, 0.3) is 0 Å². The quantitative estimate of drug-likeness (QED) is 0.710. The third-order valence-corrected chi connectivity index (χ3v) is 1.73. The smallest absolute Gasteiger partial charge is 0.307 e. The Bertz CT molecular complexity index is 336. The highest BCUT2D eigenvalue weighted by molar-refractivity contribution is 5.71. The van der Waals surface area contributed by atoms with Crippen molar-refractivity contribution < 1.29 is 14.6 Å². The lowest BCUT2D eigenvalue weighted by Crippen LogP contribution is -2.02. The Morgan fingerprint density at radius 3 is 2.86 bits per heavy atom. The van der Waals surface area contributed by atoms with Crippen LogP contribution in [-0.2, 0) is 11.2 Å². The summed E-state index contributed by atoms with van der Waals surface area (Å²) in [4.78, 5) is 10.5. The number of nitrogens with two attached hydrogens (primary N) is 1. The van der Waals surface area contributed by atoms with Crippen molar-refractivity contribution >= 4 is 11.7 Å². The SMILES string of the molecule is CCOc1cc(CC(=O)O)ccc1N. The Morgan fingerprint density at radius 2 is 2.29 bits per heavy atom. The summed E-state index contributed by atoms with van der Waals surface area (Å²) in [5, 5.41) is 8.58. The molecule has 0 amide bonds. The zero-order chi connectivity index (χ0) is 10.6. The standard InChI is InChI=1S/C10H13NO3/c1-2-14-9-5-7(6-10(12)13)3-4-8(9)11/h3-5H,2,6,11H2,1H3,(H,12,13). The first-order chi connectivity index (χ1) is 6.63. The number of hydrogen-bond donors (Lipinski definition) is 2. The Kier molecular flexibility index (Phi) is 3.34. The van der Waals surface area contributed by atoms with Gasteiger partial charge in [-0.2, -0.15) is 0 Å². The maximum atomic E-state index is 10.5. The summed E-state index contributed by atoms with van der Waals surface area (Å²) < 4.78 is 5.24. The van der Waals surface area contributed by atoms with Gasteiger partial charge in [0.25, 0.3) is 0 Å². The summed E-state index contributed by atoms with van der Waals surface area (Å²) in [5.74, 6) is -0.316. The zero-order valence-corrected chi connectivity index (χ0v) is 7.99. The van der Waals surface area contributed by atoms with Crippen molar-refractivity contribution in [2.24, 2.45) is 0 Å². The van der Waals surface area contributed by atoms with E-state index in [0.29, 0.717) is 23.6 Å². The van der Waals surface area contributed by atoms with Crippen LogP contribution in [0.1, 0.15) is 12.5 Å². The summed E-state index contributed by atoms with van der Waals surface area (Å²) in [7, 11) is 0. The van der Waals surface area contributed by atoms with Crippen LogP contribution in [0.5, 0.6) is 5.75 Å². The second-order valence-corrected chi connectivity index (χ2v) is 2.88. The molecule has 1 rings (SSSR count). The van der Waals surface area contributed by atoms with Gasteiger partial charge < -0.3 is 15.6 Å². The lowest BCUT2D eigenvalue weighted by molar-refractivity contribution is -0.136. The lowest BCUT2D eigenvalue weighted by atomic mass is 10.1. The van der Waals surface area contributed by atoms with Crippen LogP contribution in [-0.4, -0.2) is 17.7 Å². The number of nitrogen functional groups attached to an aromatic ring is 1. The van der Waals surface area contributed by atoms with Crippen LogP contribution in [0.15, 0.2) is 18.2 Å². The average Bonchev–Trinajstić information content (AvgIpc) is 2.10. The summed E-state index contributed by atoms with van der Waals surface area (Å²) in [5.41, 5.74) is 6.85. The van der Waals surface area contributed by atoms with E-state index in [1.165, 1.54) is 0 Å². The van der Waals surface area contributed by atoms with Crippen LogP contribution in [0, 0.1) is 0 Å². The Balaban J connectivity index is 2.88. The van der Waals surface area contributed by atoms with Crippen LogP contribution in [0.2, 0.25) is 0 Å². The van der Waals surface area contributed by atoms with E-state index in [9.17, 15) is 4.79 Å². The van der Waals surface area contributed by atoms with Gasteiger partial charge in [-0.25, -0.2) is 0 Å². The molecule has 4 heteroatoms. The number of ether oxygens (including phenoxy) is 1. The van der Waals surface area contributed by atoms with E-state index in [1.54, 1.807) is 18.2 Å². The summed E-state index contributed by atoms with van der Waals surface area (Å²) in [6.07, 6.45) is -0.0135. The molecule has 1 aromatic carbocycles. The van der Waals surface area contributed by atoms with Crippen molar-refractivity contribution in [3.8, 4) is 5.75 Å². The lowest BCUT2D eigenvalue weighted by Gasteiger charge is -2.07. The van der Waals surface area contributed by atoms with Gasteiger partial charge >= 0.3 is 5.97 Å². The molecule has 0 atom stereocenters. The number of anilines is 1. The first-order valence-corrected chi connectivity index (χ1v) is 4.36. The van der Waals surface area contributed by atoms with Crippen LogP contribution in [0.3, 0.4) is 0 Å². The van der Waals surface area contributed by atoms with Gasteiger partial charge in [0.2, 0.25) is 0 Å². The zero-order valence-electron chi connectivity index (χ0n) is 7.99. The molecule has 0 heterocycles. The second-order valence-electron chi connectivity index (χ2n) is 2.88. The van der Waals surface area contributed by atoms with E-state index in [1.807, 2.05) is 6.92 Å². The minimum Gasteiger partial charge on any atom is -0.492 e. The highest BCUT2D eigenvalue weighted by Gasteiger charge is 2.04. The topological polar surface area (TPSA) is 72.5 Å². The van der Waals surface area contributed by atoms with Crippen LogP contribution >= 0.6 is 0 Å². The molecule has 0 fully saturated rings. The van der Waals surface area contributed by atoms with Crippen molar-refractivity contribution in [3.63, 3.8) is 0 Å². The molecule has 4 nitrogen and oxygen atoms in total. The predicted octanol–water partition coefficient (Wildman–Crippen LogP) is 1.29. The number of hydrogen-bond acceptors (Lipinski definition) is 3. The molecule has 0 unspecified atom stereocenters. The molecule has 1 aromatic rings. The number of carboxylic acids is 1. The van der Waals surface area contributed by atoms with Gasteiger partial charge in [-0.1, -0.05) is 6.07 Å². The Hall–Kier alpha value is -1.71. The molecular formula is C10H13NO3. The van der Waals surface area contributed by atoms with Gasteiger partial charge in [0.1, 0.15) is 5.75 Å². The highest BCUT2D eigenvalue weighted by atomic mass is 16.5. The number of carbonyl (C=O) groups is 1. The van der Waals surface area contributed by atoms with E-state index in [0.717, 1.165) is 0 Å². The minimum atomic E-state index is -0.864. The summed E-state index contributed by atoms with van der Waals surface area (Å²) >= 11 is 0. The van der Waals surface area contributed by atoms with Crippen LogP contribution in [0.4, 0.5) is 5.69 Å². The monoisotopic (exact) mass is 195 g/mol. The normalized spacial score (nSPS) is 9.79. The third-order valence-electron chi connectivity index (χ3n) is 1.73. The summed E-state index contributed by atoms with van der Waals surface area (Å²) in [6, 6.07) is 5.00. The largest absolute Gasteiger partial charge is 0.492 e. The number of benzene rings is 1. The van der Waals surface area contributed by atoms with Crippen molar-refractivity contribution in [2.75, 3.05) is 12.3 Å². The van der Waals surface area contributed by atoms with Gasteiger partial charge in [-0.15, -0.1) is 0 Å². The van der Waals surface area contributed by atoms with Gasteiger partial charge in [-0.05, 0) is 24.6 Å². The third kappa shape index (κ3) is 2.65. The average molecular weight is 195 g/mol. The Labute approximate surface area is 82.3 Å². The van der Waals surface area contributed by atoms with Gasteiger partial charge in [-0.3, -0.25) is 4.79 Å². The molecule has 0 aromatic heterocycles. The molecule has 0 aliphatic carbocycles. The molecule has 0 saturated carbocycles. The van der Waals surface area contributed by atoms with E-state index in [-0.39, 0.29) is 6.42 Å². The molecule has 0 aliphatic heterocycles. The minimum absolute atomic E-state index is 0.0135. The fourth-order valence-electron chi connectivity index (χ4n) is 1.14. The fraction of sp³-hybridized carbons (Fsp3) is 0.300. The molecular weight excluding hydrogens is 182 g/mol. The van der Waals surface area contributed by atoms with E-state index in [2.05, 4.69) is 0 Å². The molecule has 0 bridgehead atoms. The molecule has 3 N–H and O–H groups in total. The first kappa shape index (κ1) is 10.4. The highest BCUT2D eigenvalue weighted by Crippen LogP contribution is 2.22. The van der Waals surface area contributed by atoms with Crippen molar-refractivity contribution in [3.05, 3.63) is 23.8 Å². The van der Waals surface area contributed by atoms with E-state index < -0.39 is 5.97 Å². The van der Waals surface area contributed by atoms with Crippen LogP contribution < -0.4 is 10.5 Å². The predicted molar refractivity (Wildman–Crippen MR) is 53.4 cm³/mol. The van der Waals surface area contributed by atoms with Gasteiger partial charge in [0.15, 0.2) is 0 Å². The second kappa shape index (κ2) is 4.50. The molecule has 0 radical (unpaired) electrons. The fourth-order valence-corrected chi connectivity index (χ4v) is 1.14. The van der Waals surface area contributed by atoms with Crippen molar-refractivity contribution in [1.29, 1.82) is 0 Å². The molecule has 0 saturated heterocycles. The molecule has 0 aliphatic rings. The van der Waals surface area contributed by atoms with E-state index in [4.69, 9.17) is 15.6 Å².